The molecule has 0 aliphatic heterocycles. The Morgan fingerprint density at radius 1 is 1.38 bits per heavy atom. The number of benzene rings is 1. The first kappa shape index (κ1) is 12.4. The summed E-state index contributed by atoms with van der Waals surface area (Å²) in [5, 5.41) is -0.439. The lowest BCUT2D eigenvalue weighted by Crippen LogP contribution is -2.19. The number of anilines is 1. The van der Waals surface area contributed by atoms with Crippen molar-refractivity contribution in [2.45, 2.75) is 6.36 Å². The van der Waals surface area contributed by atoms with Crippen LogP contribution in [0.1, 0.15) is 10.4 Å². The maximum atomic E-state index is 11.9. The number of amides is 1. The smallest absolute Gasteiger partial charge is 0.402 e. The number of nitrogens with two attached hydrogens (primary N) is 2. The molecule has 8 heteroatoms. The Morgan fingerprint density at radius 3 is 2.31 bits per heavy atom. The van der Waals surface area contributed by atoms with Gasteiger partial charge in [-0.2, -0.15) is 0 Å². The van der Waals surface area contributed by atoms with Crippen molar-refractivity contribution >= 4 is 23.2 Å². The minimum Gasteiger partial charge on any atom is -0.402 e. The zero-order valence-electron chi connectivity index (χ0n) is 7.64. The number of ether oxygens (including phenoxy) is 1. The number of carbonyl (C=O) groups excluding carboxylic acids is 1. The molecule has 0 radical (unpaired) electrons. The van der Waals surface area contributed by atoms with Gasteiger partial charge in [0.15, 0.2) is 5.75 Å². The summed E-state index contributed by atoms with van der Waals surface area (Å²) >= 11 is 5.47. The third-order valence-electron chi connectivity index (χ3n) is 1.57. The van der Waals surface area contributed by atoms with E-state index in [1.165, 1.54) is 0 Å². The second-order valence-corrected chi connectivity index (χ2v) is 3.20. The third kappa shape index (κ3) is 2.93. The van der Waals surface area contributed by atoms with Gasteiger partial charge in [-0.3, -0.25) is 4.79 Å². The number of carbonyl (C=O) groups is 1. The van der Waals surface area contributed by atoms with E-state index < -0.39 is 28.7 Å². The minimum atomic E-state index is -4.91. The molecule has 0 heterocycles. The van der Waals surface area contributed by atoms with Crippen LogP contribution in [0, 0.1) is 0 Å². The first-order chi connectivity index (χ1) is 7.20. The van der Waals surface area contributed by atoms with Crippen LogP contribution in [0.15, 0.2) is 12.1 Å². The average Bonchev–Trinajstić information content (AvgIpc) is 2.09. The van der Waals surface area contributed by atoms with Crippen molar-refractivity contribution in [3.8, 4) is 5.75 Å². The fourth-order valence-corrected chi connectivity index (χ4v) is 1.25. The summed E-state index contributed by atoms with van der Waals surface area (Å²) in [6.45, 7) is 0. The van der Waals surface area contributed by atoms with E-state index in [4.69, 9.17) is 23.1 Å². The highest BCUT2D eigenvalue weighted by molar-refractivity contribution is 6.33. The lowest BCUT2D eigenvalue weighted by atomic mass is 10.2. The summed E-state index contributed by atoms with van der Waals surface area (Å²) in [5.74, 6) is -1.61. The van der Waals surface area contributed by atoms with Gasteiger partial charge in [0, 0.05) is 5.56 Å². The van der Waals surface area contributed by atoms with Crippen molar-refractivity contribution in [2.75, 3.05) is 5.73 Å². The highest BCUT2D eigenvalue weighted by Crippen LogP contribution is 2.36. The molecule has 4 nitrogen and oxygen atoms in total. The second kappa shape index (κ2) is 4.09. The normalized spacial score (nSPS) is 11.2. The van der Waals surface area contributed by atoms with Gasteiger partial charge in [0.1, 0.15) is 0 Å². The molecule has 0 bridgehead atoms. The zero-order valence-corrected chi connectivity index (χ0v) is 8.39. The number of halogens is 4. The maximum absolute atomic E-state index is 11.9. The van der Waals surface area contributed by atoms with Gasteiger partial charge in [0.05, 0.1) is 10.7 Å². The number of alkyl halides is 3. The molecule has 16 heavy (non-hydrogen) atoms. The van der Waals surface area contributed by atoms with Gasteiger partial charge in [-0.15, -0.1) is 13.2 Å². The molecule has 0 atom stereocenters. The van der Waals surface area contributed by atoms with Crippen LogP contribution >= 0.6 is 11.6 Å². The summed E-state index contributed by atoms with van der Waals surface area (Å²) in [6, 6.07) is 1.90. The third-order valence-corrected chi connectivity index (χ3v) is 1.86. The molecule has 0 aliphatic carbocycles. The van der Waals surface area contributed by atoms with Crippen molar-refractivity contribution in [3.63, 3.8) is 0 Å². The van der Waals surface area contributed by atoms with Crippen molar-refractivity contribution in [1.82, 2.24) is 0 Å². The van der Waals surface area contributed by atoms with Gasteiger partial charge in [-0.1, -0.05) is 11.6 Å². The first-order valence-corrected chi connectivity index (χ1v) is 4.23. The van der Waals surface area contributed by atoms with E-state index in [0.717, 1.165) is 12.1 Å². The number of hydrogen-bond donors (Lipinski definition) is 2. The van der Waals surface area contributed by atoms with Gasteiger partial charge in [0.2, 0.25) is 5.91 Å². The molecule has 1 amide bonds. The predicted octanol–water partition coefficient (Wildman–Crippen LogP) is 1.92. The van der Waals surface area contributed by atoms with E-state index in [-0.39, 0.29) is 5.56 Å². The van der Waals surface area contributed by atoms with Crippen LogP contribution in [0.2, 0.25) is 5.02 Å². The van der Waals surface area contributed by atoms with Gasteiger partial charge in [0.25, 0.3) is 0 Å². The molecule has 1 aromatic rings. The van der Waals surface area contributed by atoms with Gasteiger partial charge < -0.3 is 16.2 Å². The van der Waals surface area contributed by atoms with Crippen molar-refractivity contribution in [3.05, 3.63) is 22.7 Å². The van der Waals surface area contributed by atoms with Crippen LogP contribution in [0.5, 0.6) is 5.75 Å². The predicted molar refractivity (Wildman–Crippen MR) is 51.1 cm³/mol. The Hall–Kier alpha value is -1.63. The van der Waals surface area contributed by atoms with Crippen molar-refractivity contribution in [1.29, 1.82) is 0 Å². The SMILES string of the molecule is NC(=O)c1cc(N)c(OC(F)(F)F)c(Cl)c1. The van der Waals surface area contributed by atoms with E-state index in [9.17, 15) is 18.0 Å². The van der Waals surface area contributed by atoms with Gasteiger partial charge >= 0.3 is 6.36 Å². The van der Waals surface area contributed by atoms with E-state index in [0.29, 0.717) is 0 Å². The summed E-state index contributed by atoms with van der Waals surface area (Å²) in [7, 11) is 0. The molecular formula is C8H6ClF3N2O2. The van der Waals surface area contributed by atoms with Gasteiger partial charge in [-0.25, -0.2) is 0 Å². The monoisotopic (exact) mass is 254 g/mol. The highest BCUT2D eigenvalue weighted by atomic mass is 35.5. The lowest BCUT2D eigenvalue weighted by Gasteiger charge is -2.13. The quantitative estimate of drug-likeness (QED) is 0.792. The minimum absolute atomic E-state index is 0.1000. The van der Waals surface area contributed by atoms with E-state index in [1.54, 1.807) is 0 Å². The molecule has 88 valence electrons. The van der Waals surface area contributed by atoms with E-state index >= 15 is 0 Å². The van der Waals surface area contributed by atoms with Crippen LogP contribution in [-0.2, 0) is 0 Å². The fourth-order valence-electron chi connectivity index (χ4n) is 0.980. The topological polar surface area (TPSA) is 78.3 Å². The van der Waals surface area contributed by atoms with E-state index in [2.05, 4.69) is 4.74 Å². The van der Waals surface area contributed by atoms with Crippen LogP contribution in [0.3, 0.4) is 0 Å². The number of primary amides is 1. The van der Waals surface area contributed by atoms with Crippen LogP contribution in [0.25, 0.3) is 0 Å². The Kier molecular flexibility index (Phi) is 3.18. The van der Waals surface area contributed by atoms with Crippen LogP contribution in [0.4, 0.5) is 18.9 Å². The molecule has 0 spiro atoms. The van der Waals surface area contributed by atoms with Crippen LogP contribution in [-0.4, -0.2) is 12.3 Å². The Labute approximate surface area is 92.9 Å². The van der Waals surface area contributed by atoms with Crippen molar-refractivity contribution in [2.24, 2.45) is 5.73 Å². The van der Waals surface area contributed by atoms with Gasteiger partial charge in [-0.05, 0) is 12.1 Å². The number of nitrogen functional groups attached to an aromatic ring is 1. The molecule has 1 aromatic carbocycles. The standard InChI is InChI=1S/C8H6ClF3N2O2/c9-4-1-3(7(14)15)2-5(13)6(4)16-8(10,11)12/h1-2H,13H2,(H2,14,15). The summed E-state index contributed by atoms with van der Waals surface area (Å²) in [4.78, 5) is 10.7. The molecule has 0 saturated heterocycles. The Balaban J connectivity index is 3.18. The molecule has 0 aliphatic rings. The highest BCUT2D eigenvalue weighted by Gasteiger charge is 2.33. The van der Waals surface area contributed by atoms with E-state index in [1.807, 2.05) is 0 Å². The number of rotatable bonds is 2. The zero-order chi connectivity index (χ0) is 12.5. The lowest BCUT2D eigenvalue weighted by molar-refractivity contribution is -0.274. The molecule has 0 unspecified atom stereocenters. The molecule has 0 saturated carbocycles. The summed E-state index contributed by atoms with van der Waals surface area (Å²) < 4.78 is 39.4. The summed E-state index contributed by atoms with van der Waals surface area (Å²) in [5.41, 5.74) is 9.64. The Bertz CT molecular complexity index is 411. The molecule has 4 N–H and O–H groups in total. The largest absolute Gasteiger partial charge is 0.573 e. The average molecular weight is 255 g/mol. The maximum Gasteiger partial charge on any atom is 0.573 e. The van der Waals surface area contributed by atoms with Crippen molar-refractivity contribution < 1.29 is 22.7 Å². The molecule has 0 fully saturated rings. The summed E-state index contributed by atoms with van der Waals surface area (Å²) in [6.07, 6.45) is -4.91. The second-order valence-electron chi connectivity index (χ2n) is 2.79. The molecule has 1 rings (SSSR count). The first-order valence-electron chi connectivity index (χ1n) is 3.85. The number of hydrogen-bond acceptors (Lipinski definition) is 3. The Morgan fingerprint density at radius 2 is 1.94 bits per heavy atom. The molecule has 0 aromatic heterocycles. The fraction of sp³-hybridized carbons (Fsp3) is 0.125. The van der Waals surface area contributed by atoms with Crippen LogP contribution < -0.4 is 16.2 Å². The molecular weight excluding hydrogens is 249 g/mol.